The van der Waals surface area contributed by atoms with Crippen LogP contribution in [0.1, 0.15) is 5.56 Å². The number of carbonyl (C=O) groups is 4. The number of urea groups is 1. The van der Waals surface area contributed by atoms with Crippen molar-refractivity contribution in [3.8, 4) is 5.75 Å². The molecule has 0 atom stereocenters. The summed E-state index contributed by atoms with van der Waals surface area (Å²) >= 11 is 3.32. The molecule has 0 aromatic heterocycles. The zero-order chi connectivity index (χ0) is 26.5. The van der Waals surface area contributed by atoms with Crippen LogP contribution >= 0.6 is 15.9 Å². The molecule has 37 heavy (non-hydrogen) atoms. The average Bonchev–Trinajstić information content (AvgIpc) is 2.86. The van der Waals surface area contributed by atoms with Crippen molar-refractivity contribution in [3.63, 3.8) is 0 Å². The molecule has 0 bridgehead atoms. The number of hydrogen-bond acceptors (Lipinski definition) is 7. The number of non-ortho nitro benzene ring substituents is 1. The zero-order valence-corrected chi connectivity index (χ0v) is 20.4. The van der Waals surface area contributed by atoms with Crippen LogP contribution in [0.15, 0.2) is 82.8 Å². The van der Waals surface area contributed by atoms with Crippen molar-refractivity contribution in [2.45, 2.75) is 0 Å². The van der Waals surface area contributed by atoms with E-state index in [1.165, 1.54) is 24.3 Å². The maximum absolute atomic E-state index is 13.2. The normalized spacial score (nSPS) is 14.4. The first-order chi connectivity index (χ1) is 17.7. The van der Waals surface area contributed by atoms with Crippen LogP contribution in [0, 0.1) is 10.1 Å². The summed E-state index contributed by atoms with van der Waals surface area (Å²) in [7, 11) is 0. The number of nitro benzene ring substituents is 1. The highest BCUT2D eigenvalue weighted by molar-refractivity contribution is 9.10. The molecule has 3 aromatic carbocycles. The second-order valence-corrected chi connectivity index (χ2v) is 8.54. The van der Waals surface area contributed by atoms with E-state index in [-0.39, 0.29) is 29.3 Å². The molecule has 0 spiro atoms. The Kier molecular flexibility index (Phi) is 7.39. The van der Waals surface area contributed by atoms with Gasteiger partial charge in [-0.25, -0.2) is 9.69 Å². The summed E-state index contributed by atoms with van der Waals surface area (Å²) in [5.41, 5.74) is 0.0246. The van der Waals surface area contributed by atoms with Gasteiger partial charge in [0, 0.05) is 27.9 Å². The first-order valence-electron chi connectivity index (χ1n) is 10.7. The van der Waals surface area contributed by atoms with Crippen molar-refractivity contribution < 1.29 is 28.8 Å². The fourth-order valence-electron chi connectivity index (χ4n) is 3.42. The van der Waals surface area contributed by atoms with Gasteiger partial charge in [0.05, 0.1) is 10.6 Å². The van der Waals surface area contributed by atoms with Gasteiger partial charge in [0.1, 0.15) is 11.3 Å². The third-order valence-corrected chi connectivity index (χ3v) is 5.58. The minimum Gasteiger partial charge on any atom is -0.483 e. The second kappa shape index (κ2) is 10.8. The molecule has 186 valence electrons. The number of anilines is 2. The summed E-state index contributed by atoms with van der Waals surface area (Å²) in [6.45, 7) is -0.356. The number of nitro groups is 1. The maximum atomic E-state index is 13.2. The van der Waals surface area contributed by atoms with Crippen molar-refractivity contribution in [1.82, 2.24) is 5.32 Å². The molecule has 1 aliphatic rings. The van der Waals surface area contributed by atoms with Crippen molar-refractivity contribution in [1.29, 1.82) is 0 Å². The predicted octanol–water partition coefficient (Wildman–Crippen LogP) is 4.04. The molecule has 1 saturated heterocycles. The van der Waals surface area contributed by atoms with E-state index in [0.717, 1.165) is 6.07 Å². The van der Waals surface area contributed by atoms with E-state index >= 15 is 0 Å². The number of para-hydroxylation sites is 1. The van der Waals surface area contributed by atoms with Gasteiger partial charge in [-0.1, -0.05) is 40.2 Å². The Hall–Kier alpha value is -4.84. The van der Waals surface area contributed by atoms with Gasteiger partial charge in [-0.2, -0.15) is 0 Å². The second-order valence-electron chi connectivity index (χ2n) is 7.62. The van der Waals surface area contributed by atoms with Crippen molar-refractivity contribution in [3.05, 3.63) is 98.5 Å². The van der Waals surface area contributed by atoms with Gasteiger partial charge in [-0.05, 0) is 42.5 Å². The first kappa shape index (κ1) is 25.3. The molecule has 1 aliphatic heterocycles. The van der Waals surface area contributed by atoms with Crippen LogP contribution in [0.4, 0.5) is 21.9 Å². The number of rotatable bonds is 7. The topological polar surface area (TPSA) is 148 Å². The molecular weight excluding hydrogens is 548 g/mol. The molecule has 1 fully saturated rings. The van der Waals surface area contributed by atoms with Crippen LogP contribution in [0.25, 0.3) is 6.08 Å². The number of barbiturate groups is 1. The van der Waals surface area contributed by atoms with Crippen molar-refractivity contribution in [2.75, 3.05) is 16.8 Å². The Labute approximate surface area is 218 Å². The van der Waals surface area contributed by atoms with E-state index in [1.807, 2.05) is 6.07 Å². The minimum absolute atomic E-state index is 0.0848. The van der Waals surface area contributed by atoms with Crippen molar-refractivity contribution in [2.24, 2.45) is 0 Å². The lowest BCUT2D eigenvalue weighted by Crippen LogP contribution is -2.54. The highest BCUT2D eigenvalue weighted by atomic mass is 79.9. The van der Waals surface area contributed by atoms with E-state index in [2.05, 4.69) is 26.6 Å². The summed E-state index contributed by atoms with van der Waals surface area (Å²) in [6.07, 6.45) is 1.21. The van der Waals surface area contributed by atoms with Crippen LogP contribution in [-0.2, 0) is 14.4 Å². The van der Waals surface area contributed by atoms with E-state index < -0.39 is 34.2 Å². The molecule has 0 aliphatic carbocycles. The minimum atomic E-state index is -1.05. The summed E-state index contributed by atoms with van der Waals surface area (Å²) in [4.78, 5) is 61.6. The largest absolute Gasteiger partial charge is 0.483 e. The van der Waals surface area contributed by atoms with Crippen LogP contribution in [-0.4, -0.2) is 35.3 Å². The summed E-state index contributed by atoms with van der Waals surface area (Å²) < 4.78 is 6.23. The fraction of sp³-hybridized carbons (Fsp3) is 0.0400. The summed E-state index contributed by atoms with van der Waals surface area (Å²) in [5, 5.41) is 15.9. The van der Waals surface area contributed by atoms with Gasteiger partial charge >= 0.3 is 6.03 Å². The van der Waals surface area contributed by atoms with Crippen LogP contribution < -0.4 is 20.3 Å². The summed E-state index contributed by atoms with van der Waals surface area (Å²) in [5.74, 6) is -2.17. The highest BCUT2D eigenvalue weighted by Crippen LogP contribution is 2.29. The molecule has 0 saturated carbocycles. The van der Waals surface area contributed by atoms with Crippen LogP contribution in [0.5, 0.6) is 5.75 Å². The van der Waals surface area contributed by atoms with E-state index in [4.69, 9.17) is 4.74 Å². The van der Waals surface area contributed by atoms with Gasteiger partial charge < -0.3 is 10.1 Å². The van der Waals surface area contributed by atoms with Crippen LogP contribution in [0.2, 0.25) is 0 Å². The Balaban J connectivity index is 1.61. The molecule has 5 amide bonds. The lowest BCUT2D eigenvalue weighted by atomic mass is 10.1. The number of imide groups is 2. The zero-order valence-electron chi connectivity index (χ0n) is 18.8. The number of nitrogens with zero attached hydrogens (tertiary/aromatic N) is 2. The molecule has 2 N–H and O–H groups in total. The Bertz CT molecular complexity index is 1460. The maximum Gasteiger partial charge on any atom is 0.335 e. The Morgan fingerprint density at radius 3 is 2.54 bits per heavy atom. The Morgan fingerprint density at radius 2 is 1.81 bits per heavy atom. The highest BCUT2D eigenvalue weighted by Gasteiger charge is 2.37. The number of halogens is 1. The number of amides is 5. The molecule has 0 radical (unpaired) electrons. The number of hydrogen-bond donors (Lipinski definition) is 2. The van der Waals surface area contributed by atoms with E-state index in [0.29, 0.717) is 15.1 Å². The van der Waals surface area contributed by atoms with Crippen LogP contribution in [0.3, 0.4) is 0 Å². The fourth-order valence-corrected chi connectivity index (χ4v) is 3.80. The van der Waals surface area contributed by atoms with E-state index in [1.54, 1.807) is 42.5 Å². The molecule has 1 heterocycles. The monoisotopic (exact) mass is 564 g/mol. The molecule has 4 rings (SSSR count). The molecule has 0 unspecified atom stereocenters. The third-order valence-electron chi connectivity index (χ3n) is 5.09. The lowest BCUT2D eigenvalue weighted by Gasteiger charge is -2.26. The smallest absolute Gasteiger partial charge is 0.335 e. The number of carbonyl (C=O) groups excluding carboxylic acids is 4. The molecule has 11 nitrogen and oxygen atoms in total. The molecular formula is C25H17BrN4O7. The standard InChI is InChI=1S/C25H17BrN4O7/c26-16-9-10-21(37-14-22(31)27-17-5-2-1-3-6-17)15(11-16)12-20-23(32)28-25(34)29(24(20)33)18-7-4-8-19(13-18)30(35)36/h1-13H,14H2,(H,27,31)(H,28,32,34)/b20-12+. The summed E-state index contributed by atoms with van der Waals surface area (Å²) in [6, 6.07) is 17.4. The average molecular weight is 565 g/mol. The Morgan fingerprint density at radius 1 is 1.05 bits per heavy atom. The number of nitrogens with one attached hydrogen (secondary N) is 2. The number of ether oxygens (including phenoxy) is 1. The van der Waals surface area contributed by atoms with Crippen molar-refractivity contribution >= 4 is 62.8 Å². The predicted molar refractivity (Wildman–Crippen MR) is 137 cm³/mol. The van der Waals surface area contributed by atoms with E-state index in [9.17, 15) is 29.3 Å². The van der Waals surface area contributed by atoms with Gasteiger partial charge in [-0.15, -0.1) is 0 Å². The third kappa shape index (κ3) is 5.87. The quantitative estimate of drug-likeness (QED) is 0.190. The van der Waals surface area contributed by atoms with Gasteiger partial charge in [0.15, 0.2) is 6.61 Å². The van der Waals surface area contributed by atoms with Gasteiger partial charge in [0.25, 0.3) is 23.4 Å². The SMILES string of the molecule is O=C(COc1ccc(Br)cc1/C=C1\C(=O)NC(=O)N(c2cccc([N+](=O)[O-])c2)C1=O)Nc1ccccc1. The first-order valence-corrected chi connectivity index (χ1v) is 11.5. The number of benzene rings is 3. The van der Waals surface area contributed by atoms with Gasteiger partial charge in [-0.3, -0.25) is 29.8 Å². The molecule has 3 aromatic rings. The molecule has 12 heteroatoms. The lowest BCUT2D eigenvalue weighted by molar-refractivity contribution is -0.384. The van der Waals surface area contributed by atoms with Gasteiger partial charge in [0.2, 0.25) is 0 Å².